The van der Waals surface area contributed by atoms with Gasteiger partial charge in [-0.1, -0.05) is 54.1 Å². The number of benzene rings is 3. The van der Waals surface area contributed by atoms with E-state index in [0.29, 0.717) is 17.3 Å². The number of nitriles is 1. The van der Waals surface area contributed by atoms with Gasteiger partial charge in [-0.2, -0.15) is 5.26 Å². The van der Waals surface area contributed by atoms with E-state index < -0.39 is 5.91 Å². The average molecular weight is 426 g/mol. The summed E-state index contributed by atoms with van der Waals surface area (Å²) in [5.74, 6) is -0.431. The summed E-state index contributed by atoms with van der Waals surface area (Å²) in [4.78, 5) is 12.7. The lowest BCUT2D eigenvalue weighted by Crippen LogP contribution is -2.13. The number of nitrogens with one attached hydrogen (secondary N) is 1. The van der Waals surface area contributed by atoms with Gasteiger partial charge in [-0.05, 0) is 54.5 Å². The molecule has 1 aromatic heterocycles. The number of hydrogen-bond acceptors (Lipinski definition) is 2. The van der Waals surface area contributed by atoms with Crippen molar-refractivity contribution in [1.29, 1.82) is 5.26 Å². The fourth-order valence-corrected chi connectivity index (χ4v) is 3.79. The molecule has 4 nitrogen and oxygen atoms in total. The second-order valence-corrected chi connectivity index (χ2v) is 7.79. The van der Waals surface area contributed by atoms with Crippen LogP contribution in [0.4, 0.5) is 5.69 Å². The van der Waals surface area contributed by atoms with E-state index in [9.17, 15) is 10.1 Å². The summed E-state index contributed by atoms with van der Waals surface area (Å²) < 4.78 is 2.10. The van der Waals surface area contributed by atoms with Crippen molar-refractivity contribution in [3.63, 3.8) is 0 Å². The summed E-state index contributed by atoms with van der Waals surface area (Å²) in [6.45, 7) is 2.58. The Bertz CT molecular complexity index is 1340. The molecule has 5 heteroatoms. The molecule has 0 aliphatic heterocycles. The second-order valence-electron chi connectivity index (χ2n) is 7.35. The highest BCUT2D eigenvalue weighted by Gasteiger charge is 2.13. The standard InChI is InChI=1S/C26H20ClN3O/c1-18-6-4-9-23(12-18)29-26(31)20(15-28)14-21-17-30(25-11-3-2-10-24(21)25)16-19-7-5-8-22(27)13-19/h2-14,17H,16H2,1H3,(H,29,31)/b20-14+. The van der Waals surface area contributed by atoms with Gasteiger partial charge < -0.3 is 9.88 Å². The lowest BCUT2D eigenvalue weighted by molar-refractivity contribution is -0.112. The molecule has 0 radical (unpaired) electrons. The zero-order valence-electron chi connectivity index (χ0n) is 17.0. The highest BCUT2D eigenvalue weighted by molar-refractivity contribution is 6.30. The van der Waals surface area contributed by atoms with Crippen LogP contribution in [0.25, 0.3) is 17.0 Å². The van der Waals surface area contributed by atoms with Crippen molar-refractivity contribution in [3.05, 3.63) is 106 Å². The lowest BCUT2D eigenvalue weighted by atomic mass is 10.1. The molecule has 31 heavy (non-hydrogen) atoms. The Morgan fingerprint density at radius 2 is 1.90 bits per heavy atom. The van der Waals surface area contributed by atoms with E-state index in [1.54, 1.807) is 12.1 Å². The molecular weight excluding hydrogens is 406 g/mol. The number of fused-ring (bicyclic) bond motifs is 1. The maximum absolute atomic E-state index is 12.7. The molecule has 3 aromatic carbocycles. The van der Waals surface area contributed by atoms with Gasteiger partial charge in [0, 0.05) is 39.9 Å². The van der Waals surface area contributed by atoms with Gasteiger partial charge in [0.05, 0.1) is 0 Å². The lowest BCUT2D eigenvalue weighted by Gasteiger charge is -2.06. The van der Waals surface area contributed by atoms with Gasteiger partial charge in [0.15, 0.2) is 0 Å². The van der Waals surface area contributed by atoms with Crippen LogP contribution in [0.1, 0.15) is 16.7 Å². The van der Waals surface area contributed by atoms with E-state index in [4.69, 9.17) is 11.6 Å². The fourth-order valence-electron chi connectivity index (χ4n) is 3.58. The number of aryl methyl sites for hydroxylation is 1. The third kappa shape index (κ3) is 4.69. The molecule has 0 aliphatic rings. The predicted molar refractivity (Wildman–Crippen MR) is 126 cm³/mol. The van der Waals surface area contributed by atoms with Crippen molar-refractivity contribution in [3.8, 4) is 6.07 Å². The van der Waals surface area contributed by atoms with E-state index in [-0.39, 0.29) is 5.57 Å². The molecule has 0 unspecified atom stereocenters. The number of aromatic nitrogens is 1. The molecule has 0 saturated carbocycles. The number of hydrogen-bond donors (Lipinski definition) is 1. The van der Waals surface area contributed by atoms with E-state index in [2.05, 4.69) is 9.88 Å². The van der Waals surface area contributed by atoms with Crippen LogP contribution in [-0.2, 0) is 11.3 Å². The molecule has 152 valence electrons. The first-order chi connectivity index (χ1) is 15.0. The van der Waals surface area contributed by atoms with Crippen LogP contribution in [0, 0.1) is 18.3 Å². The van der Waals surface area contributed by atoms with E-state index in [1.165, 1.54) is 0 Å². The number of anilines is 1. The summed E-state index contributed by atoms with van der Waals surface area (Å²) >= 11 is 6.13. The number of rotatable bonds is 5. The van der Waals surface area contributed by atoms with Crippen molar-refractivity contribution in [2.75, 3.05) is 5.32 Å². The van der Waals surface area contributed by atoms with Gasteiger partial charge in [0.1, 0.15) is 11.6 Å². The molecule has 4 aromatic rings. The van der Waals surface area contributed by atoms with Gasteiger partial charge in [-0.25, -0.2) is 0 Å². The van der Waals surface area contributed by atoms with Crippen molar-refractivity contribution in [1.82, 2.24) is 4.57 Å². The van der Waals surface area contributed by atoms with Crippen LogP contribution < -0.4 is 5.32 Å². The molecule has 0 fully saturated rings. The van der Waals surface area contributed by atoms with E-state index >= 15 is 0 Å². The van der Waals surface area contributed by atoms with Crippen molar-refractivity contribution in [2.45, 2.75) is 13.5 Å². The number of carbonyl (C=O) groups is 1. The van der Waals surface area contributed by atoms with Crippen LogP contribution in [-0.4, -0.2) is 10.5 Å². The fraction of sp³-hybridized carbons (Fsp3) is 0.0769. The summed E-state index contributed by atoms with van der Waals surface area (Å²) in [5, 5.41) is 14.1. The zero-order chi connectivity index (χ0) is 21.8. The monoisotopic (exact) mass is 425 g/mol. The molecule has 4 rings (SSSR count). The third-order valence-electron chi connectivity index (χ3n) is 5.00. The maximum Gasteiger partial charge on any atom is 0.266 e. The van der Waals surface area contributed by atoms with Crippen LogP contribution in [0.2, 0.25) is 5.02 Å². The van der Waals surface area contributed by atoms with E-state index in [1.807, 2.05) is 85.9 Å². The molecule has 1 heterocycles. The van der Waals surface area contributed by atoms with Crippen LogP contribution >= 0.6 is 11.6 Å². The quantitative estimate of drug-likeness (QED) is 0.306. The normalized spacial score (nSPS) is 11.3. The number of nitrogens with zero attached hydrogens (tertiary/aromatic N) is 2. The molecule has 1 N–H and O–H groups in total. The third-order valence-corrected chi connectivity index (χ3v) is 5.24. The summed E-state index contributed by atoms with van der Waals surface area (Å²) in [5.41, 5.74) is 4.64. The first-order valence-corrected chi connectivity index (χ1v) is 10.2. The van der Waals surface area contributed by atoms with Gasteiger partial charge in [0.2, 0.25) is 0 Å². The SMILES string of the molecule is Cc1cccc(NC(=O)/C(C#N)=C/c2cn(Cc3cccc(Cl)c3)c3ccccc23)c1. The largest absolute Gasteiger partial charge is 0.342 e. The minimum Gasteiger partial charge on any atom is -0.342 e. The number of carbonyl (C=O) groups excluding carboxylic acids is 1. The molecule has 0 bridgehead atoms. The predicted octanol–water partition coefficient (Wildman–Crippen LogP) is 6.20. The highest BCUT2D eigenvalue weighted by Crippen LogP contribution is 2.25. The van der Waals surface area contributed by atoms with Gasteiger partial charge in [-0.3, -0.25) is 4.79 Å². The first-order valence-electron chi connectivity index (χ1n) is 9.85. The summed E-state index contributed by atoms with van der Waals surface area (Å²) in [7, 11) is 0. The Kier molecular flexibility index (Phi) is 5.88. The minimum absolute atomic E-state index is 0.0483. The Balaban J connectivity index is 1.68. The second kappa shape index (κ2) is 8.91. The molecule has 0 aliphatic carbocycles. The van der Waals surface area contributed by atoms with E-state index in [0.717, 1.165) is 27.6 Å². The highest BCUT2D eigenvalue weighted by atomic mass is 35.5. The summed E-state index contributed by atoms with van der Waals surface area (Å²) in [6.07, 6.45) is 3.60. The van der Waals surface area contributed by atoms with Crippen LogP contribution in [0.3, 0.4) is 0 Å². The van der Waals surface area contributed by atoms with Crippen molar-refractivity contribution in [2.24, 2.45) is 0 Å². The average Bonchev–Trinajstić information content (AvgIpc) is 3.09. The van der Waals surface area contributed by atoms with Crippen molar-refractivity contribution < 1.29 is 4.79 Å². The van der Waals surface area contributed by atoms with Crippen LogP contribution in [0.5, 0.6) is 0 Å². The Hall–Kier alpha value is -3.81. The topological polar surface area (TPSA) is 57.8 Å². The number of para-hydroxylation sites is 1. The van der Waals surface area contributed by atoms with Crippen LogP contribution in [0.15, 0.2) is 84.6 Å². The molecular formula is C26H20ClN3O. The van der Waals surface area contributed by atoms with Gasteiger partial charge in [-0.15, -0.1) is 0 Å². The summed E-state index contributed by atoms with van der Waals surface area (Å²) in [6, 6.07) is 25.2. The Morgan fingerprint density at radius 3 is 2.68 bits per heavy atom. The smallest absolute Gasteiger partial charge is 0.266 e. The van der Waals surface area contributed by atoms with Gasteiger partial charge in [0.25, 0.3) is 5.91 Å². The molecule has 0 spiro atoms. The Labute approximate surface area is 186 Å². The Morgan fingerprint density at radius 1 is 1.10 bits per heavy atom. The molecule has 0 saturated heterocycles. The van der Waals surface area contributed by atoms with Crippen molar-refractivity contribution >= 4 is 40.2 Å². The van der Waals surface area contributed by atoms with Gasteiger partial charge >= 0.3 is 0 Å². The molecule has 1 amide bonds. The first kappa shape index (κ1) is 20.5. The number of halogens is 1. The number of amides is 1. The maximum atomic E-state index is 12.7. The zero-order valence-corrected chi connectivity index (χ0v) is 17.7. The minimum atomic E-state index is -0.431. The molecule has 0 atom stereocenters.